The smallest absolute Gasteiger partial charge is 0.224 e. The summed E-state index contributed by atoms with van der Waals surface area (Å²) in [6.07, 6.45) is 2.28. The number of rotatable bonds is 3. The second-order valence-corrected chi connectivity index (χ2v) is 6.03. The van der Waals surface area contributed by atoms with Crippen LogP contribution in [0.15, 0.2) is 22.7 Å². The SMILES string of the molecule is Cc1cc(Oc2cc(N)nc(C3CC3)n2)cc(C)c1Br. The van der Waals surface area contributed by atoms with Crippen molar-refractivity contribution < 1.29 is 4.74 Å². The maximum absolute atomic E-state index is 5.84. The molecule has 0 atom stereocenters. The average molecular weight is 334 g/mol. The van der Waals surface area contributed by atoms with Gasteiger partial charge in [0, 0.05) is 16.5 Å². The van der Waals surface area contributed by atoms with Gasteiger partial charge in [-0.2, -0.15) is 4.98 Å². The summed E-state index contributed by atoms with van der Waals surface area (Å²) in [6.45, 7) is 4.07. The number of anilines is 1. The molecule has 2 N–H and O–H groups in total. The van der Waals surface area contributed by atoms with E-state index in [4.69, 9.17) is 10.5 Å². The molecule has 4 nitrogen and oxygen atoms in total. The summed E-state index contributed by atoms with van der Waals surface area (Å²) >= 11 is 3.55. The van der Waals surface area contributed by atoms with Gasteiger partial charge in [0.15, 0.2) is 0 Å². The Hall–Kier alpha value is -1.62. The van der Waals surface area contributed by atoms with Gasteiger partial charge in [0.1, 0.15) is 17.4 Å². The Morgan fingerprint density at radius 1 is 1.15 bits per heavy atom. The molecule has 1 heterocycles. The van der Waals surface area contributed by atoms with Gasteiger partial charge in [-0.1, -0.05) is 15.9 Å². The number of hydrogen-bond acceptors (Lipinski definition) is 4. The van der Waals surface area contributed by atoms with Crippen molar-refractivity contribution in [2.24, 2.45) is 0 Å². The van der Waals surface area contributed by atoms with Crippen LogP contribution >= 0.6 is 15.9 Å². The molecular formula is C15H16BrN3O. The normalized spacial score (nSPS) is 14.3. The predicted octanol–water partition coefficient (Wildman–Crippen LogP) is 4.11. The Morgan fingerprint density at radius 3 is 2.40 bits per heavy atom. The Morgan fingerprint density at radius 2 is 1.80 bits per heavy atom. The number of ether oxygens (including phenoxy) is 1. The van der Waals surface area contributed by atoms with Crippen LogP contribution in [0.1, 0.15) is 35.7 Å². The molecule has 1 aliphatic carbocycles. The summed E-state index contributed by atoms with van der Waals surface area (Å²) in [4.78, 5) is 8.71. The molecule has 0 amide bonds. The molecule has 1 fully saturated rings. The van der Waals surface area contributed by atoms with Gasteiger partial charge in [-0.25, -0.2) is 4.98 Å². The topological polar surface area (TPSA) is 61.0 Å². The number of nitrogens with zero attached hydrogens (tertiary/aromatic N) is 2. The molecule has 1 aromatic heterocycles. The summed E-state index contributed by atoms with van der Waals surface area (Å²) in [5.41, 5.74) is 8.08. The highest BCUT2D eigenvalue weighted by Crippen LogP contribution is 2.39. The molecule has 0 saturated heterocycles. The lowest BCUT2D eigenvalue weighted by atomic mass is 10.1. The van der Waals surface area contributed by atoms with Crippen molar-refractivity contribution in [2.45, 2.75) is 32.6 Å². The number of hydrogen-bond donors (Lipinski definition) is 1. The first kappa shape index (κ1) is 13.4. The lowest BCUT2D eigenvalue weighted by Gasteiger charge is -2.10. The number of aromatic nitrogens is 2. The summed E-state index contributed by atoms with van der Waals surface area (Å²) in [5, 5.41) is 0. The zero-order valence-corrected chi connectivity index (χ0v) is 13.1. The van der Waals surface area contributed by atoms with E-state index in [1.54, 1.807) is 6.07 Å². The molecule has 0 radical (unpaired) electrons. The molecule has 0 aliphatic heterocycles. The quantitative estimate of drug-likeness (QED) is 0.918. The first-order chi connectivity index (χ1) is 9.52. The van der Waals surface area contributed by atoms with Crippen LogP contribution in [-0.4, -0.2) is 9.97 Å². The highest BCUT2D eigenvalue weighted by molar-refractivity contribution is 9.10. The Kier molecular flexibility index (Phi) is 3.38. The van der Waals surface area contributed by atoms with Gasteiger partial charge in [-0.05, 0) is 49.9 Å². The molecule has 1 aromatic carbocycles. The van der Waals surface area contributed by atoms with E-state index in [2.05, 4.69) is 25.9 Å². The summed E-state index contributed by atoms with van der Waals surface area (Å²) in [7, 11) is 0. The van der Waals surface area contributed by atoms with E-state index < -0.39 is 0 Å². The largest absolute Gasteiger partial charge is 0.439 e. The monoisotopic (exact) mass is 333 g/mol. The lowest BCUT2D eigenvalue weighted by Crippen LogP contribution is -2.00. The number of nitrogen functional groups attached to an aromatic ring is 1. The molecule has 1 saturated carbocycles. The van der Waals surface area contributed by atoms with E-state index in [0.717, 1.165) is 40.0 Å². The fourth-order valence-electron chi connectivity index (χ4n) is 2.12. The van der Waals surface area contributed by atoms with Gasteiger partial charge in [0.25, 0.3) is 0 Å². The maximum Gasteiger partial charge on any atom is 0.224 e. The molecule has 3 rings (SSSR count). The zero-order valence-electron chi connectivity index (χ0n) is 11.5. The zero-order chi connectivity index (χ0) is 14.3. The van der Waals surface area contributed by atoms with Crippen molar-refractivity contribution >= 4 is 21.7 Å². The summed E-state index contributed by atoms with van der Waals surface area (Å²) in [6, 6.07) is 5.62. The molecule has 5 heteroatoms. The highest BCUT2D eigenvalue weighted by Gasteiger charge is 2.27. The standard InChI is InChI=1S/C15H16BrN3O/c1-8-5-11(6-9(2)14(8)16)20-13-7-12(17)18-15(19-13)10-3-4-10/h5-7,10H,3-4H2,1-2H3,(H2,17,18,19). The van der Waals surface area contributed by atoms with Gasteiger partial charge in [-0.15, -0.1) is 0 Å². The van der Waals surface area contributed by atoms with Crippen LogP contribution in [0.3, 0.4) is 0 Å². The fourth-order valence-corrected chi connectivity index (χ4v) is 2.35. The Balaban J connectivity index is 1.91. The minimum atomic E-state index is 0.453. The van der Waals surface area contributed by atoms with Gasteiger partial charge >= 0.3 is 0 Å². The number of aryl methyl sites for hydroxylation is 2. The van der Waals surface area contributed by atoms with Crippen molar-refractivity contribution in [1.29, 1.82) is 0 Å². The molecule has 0 spiro atoms. The molecule has 104 valence electrons. The third kappa shape index (κ3) is 2.77. The van der Waals surface area contributed by atoms with Crippen LogP contribution in [0, 0.1) is 13.8 Å². The van der Waals surface area contributed by atoms with Gasteiger partial charge < -0.3 is 10.5 Å². The van der Waals surface area contributed by atoms with Crippen LogP contribution in [-0.2, 0) is 0 Å². The van der Waals surface area contributed by atoms with Crippen molar-refractivity contribution in [1.82, 2.24) is 9.97 Å². The van der Waals surface area contributed by atoms with Gasteiger partial charge in [0.05, 0.1) is 0 Å². The van der Waals surface area contributed by atoms with Crippen molar-refractivity contribution in [3.63, 3.8) is 0 Å². The van der Waals surface area contributed by atoms with E-state index in [9.17, 15) is 0 Å². The lowest BCUT2D eigenvalue weighted by molar-refractivity contribution is 0.458. The van der Waals surface area contributed by atoms with E-state index in [1.807, 2.05) is 26.0 Å². The van der Waals surface area contributed by atoms with Crippen LogP contribution < -0.4 is 10.5 Å². The van der Waals surface area contributed by atoms with Crippen LogP contribution in [0.25, 0.3) is 0 Å². The molecule has 2 aromatic rings. The van der Waals surface area contributed by atoms with Crippen LogP contribution in [0.5, 0.6) is 11.6 Å². The molecule has 20 heavy (non-hydrogen) atoms. The van der Waals surface area contributed by atoms with E-state index in [-0.39, 0.29) is 0 Å². The van der Waals surface area contributed by atoms with Crippen molar-refractivity contribution in [2.75, 3.05) is 5.73 Å². The number of halogens is 1. The van der Waals surface area contributed by atoms with Crippen molar-refractivity contribution in [3.8, 4) is 11.6 Å². The average Bonchev–Trinajstić information content (AvgIpc) is 3.19. The molecule has 1 aliphatic rings. The van der Waals surface area contributed by atoms with E-state index >= 15 is 0 Å². The van der Waals surface area contributed by atoms with E-state index in [0.29, 0.717) is 17.6 Å². The molecular weight excluding hydrogens is 318 g/mol. The van der Waals surface area contributed by atoms with Crippen molar-refractivity contribution in [3.05, 3.63) is 39.6 Å². The maximum atomic E-state index is 5.84. The third-order valence-electron chi connectivity index (χ3n) is 3.31. The first-order valence-corrected chi connectivity index (χ1v) is 7.41. The molecule has 0 bridgehead atoms. The van der Waals surface area contributed by atoms with Crippen LogP contribution in [0.2, 0.25) is 0 Å². The summed E-state index contributed by atoms with van der Waals surface area (Å²) < 4.78 is 6.95. The summed E-state index contributed by atoms with van der Waals surface area (Å²) in [5.74, 6) is 2.99. The minimum absolute atomic E-state index is 0.453. The second-order valence-electron chi connectivity index (χ2n) is 5.24. The van der Waals surface area contributed by atoms with Crippen LogP contribution in [0.4, 0.5) is 5.82 Å². The Bertz CT molecular complexity index is 645. The predicted molar refractivity (Wildman–Crippen MR) is 82.1 cm³/mol. The highest BCUT2D eigenvalue weighted by atomic mass is 79.9. The number of nitrogens with two attached hydrogens (primary N) is 1. The fraction of sp³-hybridized carbons (Fsp3) is 0.333. The third-order valence-corrected chi connectivity index (χ3v) is 4.57. The first-order valence-electron chi connectivity index (χ1n) is 6.62. The van der Waals surface area contributed by atoms with Gasteiger partial charge in [-0.3, -0.25) is 0 Å². The molecule has 0 unspecified atom stereocenters. The number of benzene rings is 1. The second kappa shape index (κ2) is 5.05. The van der Waals surface area contributed by atoms with Gasteiger partial charge in [0.2, 0.25) is 5.88 Å². The van der Waals surface area contributed by atoms with E-state index in [1.165, 1.54) is 0 Å². The Labute approximate surface area is 126 Å². The minimum Gasteiger partial charge on any atom is -0.439 e.